The molecular weight excluding hydrogens is 366 g/mol. The first-order valence-corrected chi connectivity index (χ1v) is 8.99. The van der Waals surface area contributed by atoms with Crippen molar-refractivity contribution in [2.75, 3.05) is 41.6 Å². The van der Waals surface area contributed by atoms with Crippen LogP contribution >= 0.6 is 0 Å². The lowest BCUT2D eigenvalue weighted by molar-refractivity contribution is 0.0604. The lowest BCUT2D eigenvalue weighted by atomic mass is 10.0. The Morgan fingerprint density at radius 3 is 2.21 bits per heavy atom. The first-order valence-electron chi connectivity index (χ1n) is 8.99. The van der Waals surface area contributed by atoms with E-state index in [0.29, 0.717) is 41.1 Å². The first kappa shape index (κ1) is 21.9. The molecule has 0 aliphatic rings. The number of nitrogens with zero attached hydrogens (tertiary/aromatic N) is 2. The number of rotatable bonds is 11. The van der Waals surface area contributed by atoms with Crippen molar-refractivity contribution in [1.82, 2.24) is 15.5 Å². The van der Waals surface area contributed by atoms with Gasteiger partial charge in [0.25, 0.3) is 0 Å². The molecule has 9 nitrogen and oxygen atoms in total. The highest BCUT2D eigenvalue weighted by molar-refractivity contribution is 5.66. The summed E-state index contributed by atoms with van der Waals surface area (Å²) >= 11 is 0. The lowest BCUT2D eigenvalue weighted by Crippen LogP contribution is -2.35. The Morgan fingerprint density at radius 2 is 1.71 bits per heavy atom. The number of aliphatic hydroxyl groups is 1. The molecule has 0 radical (unpaired) electrons. The third-order valence-electron chi connectivity index (χ3n) is 4.23. The number of hydrogen-bond donors (Lipinski definition) is 2. The summed E-state index contributed by atoms with van der Waals surface area (Å²) < 4.78 is 26.5. The topological polar surface area (TPSA) is 108 Å². The summed E-state index contributed by atoms with van der Waals surface area (Å²) in [7, 11) is 6.19. The lowest BCUT2D eigenvalue weighted by Gasteiger charge is -2.20. The van der Waals surface area contributed by atoms with E-state index in [1.54, 1.807) is 40.6 Å². The summed E-state index contributed by atoms with van der Waals surface area (Å²) in [6, 6.07) is 3.31. The molecule has 0 saturated carbocycles. The van der Waals surface area contributed by atoms with E-state index in [0.717, 1.165) is 0 Å². The zero-order valence-electron chi connectivity index (χ0n) is 17.2. The Hall–Kier alpha value is -2.36. The highest BCUT2D eigenvalue weighted by Gasteiger charge is 2.24. The molecule has 0 aliphatic heterocycles. The number of nitrogens with one attached hydrogen (secondary N) is 1. The number of hydrogen-bond acceptors (Lipinski definition) is 9. The molecule has 28 heavy (non-hydrogen) atoms. The summed E-state index contributed by atoms with van der Waals surface area (Å²) in [5.41, 5.74) is 0.673. The fraction of sp³-hybridized carbons (Fsp3) is 0.579. The van der Waals surface area contributed by atoms with Crippen LogP contribution in [0.25, 0.3) is 11.4 Å². The SMILES string of the molecule is COCC(O)CNC(c1nc(-c2cc(OC)c(OC)c(OC)c2)no1)C(C)C. The van der Waals surface area contributed by atoms with Crippen molar-refractivity contribution >= 4 is 0 Å². The van der Waals surface area contributed by atoms with Gasteiger partial charge in [0.05, 0.1) is 40.1 Å². The molecule has 2 unspecified atom stereocenters. The largest absolute Gasteiger partial charge is 0.493 e. The van der Waals surface area contributed by atoms with Gasteiger partial charge in [-0.3, -0.25) is 0 Å². The summed E-state index contributed by atoms with van der Waals surface area (Å²) in [6.07, 6.45) is -0.622. The number of benzene rings is 1. The van der Waals surface area contributed by atoms with Crippen LogP contribution in [0.15, 0.2) is 16.7 Å². The molecule has 2 aromatic rings. The maximum Gasteiger partial charge on any atom is 0.244 e. The Bertz CT molecular complexity index is 724. The molecule has 0 aliphatic carbocycles. The standard InChI is InChI=1S/C19H29N3O6/c1-11(2)16(20-9-13(23)10-24-3)19-21-18(22-28-19)12-7-14(25-4)17(27-6)15(8-12)26-5/h7-8,11,13,16,20,23H,9-10H2,1-6H3. The van der Waals surface area contributed by atoms with E-state index in [1.165, 1.54) is 0 Å². The highest BCUT2D eigenvalue weighted by Crippen LogP contribution is 2.40. The zero-order valence-corrected chi connectivity index (χ0v) is 17.2. The minimum atomic E-state index is -0.622. The van der Waals surface area contributed by atoms with Crippen LogP contribution in [0.1, 0.15) is 25.8 Å². The number of aromatic nitrogens is 2. The van der Waals surface area contributed by atoms with Crippen LogP contribution < -0.4 is 19.5 Å². The summed E-state index contributed by atoms with van der Waals surface area (Å²) in [4.78, 5) is 4.53. The monoisotopic (exact) mass is 395 g/mol. The summed E-state index contributed by atoms with van der Waals surface area (Å²) in [6.45, 7) is 4.66. The average molecular weight is 395 g/mol. The van der Waals surface area contributed by atoms with Crippen LogP contribution in [-0.2, 0) is 4.74 Å². The molecule has 1 heterocycles. The predicted molar refractivity (Wildman–Crippen MR) is 103 cm³/mol. The van der Waals surface area contributed by atoms with Crippen LogP contribution in [0, 0.1) is 5.92 Å². The van der Waals surface area contributed by atoms with E-state index < -0.39 is 6.10 Å². The maximum atomic E-state index is 9.88. The van der Waals surface area contributed by atoms with Gasteiger partial charge < -0.3 is 33.9 Å². The molecule has 156 valence electrons. The van der Waals surface area contributed by atoms with Crippen molar-refractivity contribution in [2.24, 2.45) is 5.92 Å². The molecule has 2 atom stereocenters. The minimum absolute atomic E-state index is 0.169. The number of ether oxygens (including phenoxy) is 4. The third kappa shape index (κ3) is 5.12. The summed E-state index contributed by atoms with van der Waals surface area (Å²) in [5.74, 6) is 2.51. The minimum Gasteiger partial charge on any atom is -0.493 e. The van der Waals surface area contributed by atoms with Crippen LogP contribution in [0.4, 0.5) is 0 Å². The molecule has 1 aromatic heterocycles. The molecule has 0 fully saturated rings. The second kappa shape index (κ2) is 10.3. The van der Waals surface area contributed by atoms with Gasteiger partial charge in [-0.25, -0.2) is 0 Å². The molecule has 2 N–H and O–H groups in total. The Morgan fingerprint density at radius 1 is 1.07 bits per heavy atom. The molecule has 0 amide bonds. The fourth-order valence-electron chi connectivity index (χ4n) is 2.81. The zero-order chi connectivity index (χ0) is 20.7. The van der Waals surface area contributed by atoms with Gasteiger partial charge in [0.15, 0.2) is 11.5 Å². The van der Waals surface area contributed by atoms with Crippen molar-refractivity contribution in [3.8, 4) is 28.6 Å². The highest BCUT2D eigenvalue weighted by atomic mass is 16.5. The molecule has 0 saturated heterocycles. The average Bonchev–Trinajstić information content (AvgIpc) is 3.16. The first-order chi connectivity index (χ1) is 13.4. The molecule has 9 heteroatoms. The van der Waals surface area contributed by atoms with E-state index in [-0.39, 0.29) is 18.6 Å². The van der Waals surface area contributed by atoms with Crippen molar-refractivity contribution in [3.05, 3.63) is 18.0 Å². The molecular formula is C19H29N3O6. The van der Waals surface area contributed by atoms with Gasteiger partial charge in [0.2, 0.25) is 17.5 Å². The van der Waals surface area contributed by atoms with Gasteiger partial charge in [-0.15, -0.1) is 0 Å². The Labute approximate surface area is 164 Å². The van der Waals surface area contributed by atoms with Gasteiger partial charge in [0, 0.05) is 19.2 Å². The number of aliphatic hydroxyl groups excluding tert-OH is 1. The van der Waals surface area contributed by atoms with Crippen molar-refractivity contribution < 1.29 is 28.6 Å². The fourth-order valence-corrected chi connectivity index (χ4v) is 2.81. The maximum absolute atomic E-state index is 9.88. The normalized spacial score (nSPS) is 13.4. The quantitative estimate of drug-likeness (QED) is 0.591. The Balaban J connectivity index is 2.28. The van der Waals surface area contributed by atoms with E-state index in [9.17, 15) is 5.11 Å². The predicted octanol–water partition coefficient (Wildman–Crippen LogP) is 2.06. The van der Waals surface area contributed by atoms with Crippen LogP contribution in [-0.4, -0.2) is 62.9 Å². The van der Waals surface area contributed by atoms with Crippen LogP contribution in [0.2, 0.25) is 0 Å². The van der Waals surface area contributed by atoms with E-state index in [4.69, 9.17) is 23.5 Å². The second-order valence-corrected chi connectivity index (χ2v) is 6.61. The van der Waals surface area contributed by atoms with Crippen LogP contribution in [0.3, 0.4) is 0 Å². The smallest absolute Gasteiger partial charge is 0.244 e. The van der Waals surface area contributed by atoms with E-state index in [2.05, 4.69) is 15.5 Å². The van der Waals surface area contributed by atoms with Crippen molar-refractivity contribution in [1.29, 1.82) is 0 Å². The van der Waals surface area contributed by atoms with Gasteiger partial charge in [0.1, 0.15) is 0 Å². The van der Waals surface area contributed by atoms with E-state index >= 15 is 0 Å². The van der Waals surface area contributed by atoms with Gasteiger partial charge >= 0.3 is 0 Å². The third-order valence-corrected chi connectivity index (χ3v) is 4.23. The van der Waals surface area contributed by atoms with Gasteiger partial charge in [-0.1, -0.05) is 19.0 Å². The molecule has 2 rings (SSSR count). The summed E-state index contributed by atoms with van der Waals surface area (Å²) in [5, 5.41) is 17.2. The molecule has 0 spiro atoms. The van der Waals surface area contributed by atoms with Crippen molar-refractivity contribution in [3.63, 3.8) is 0 Å². The van der Waals surface area contributed by atoms with E-state index in [1.807, 2.05) is 13.8 Å². The van der Waals surface area contributed by atoms with Gasteiger partial charge in [-0.2, -0.15) is 4.98 Å². The molecule has 0 bridgehead atoms. The second-order valence-electron chi connectivity index (χ2n) is 6.61. The Kier molecular flexibility index (Phi) is 8.04. The number of methoxy groups -OCH3 is 4. The molecule has 1 aromatic carbocycles. The van der Waals surface area contributed by atoms with Gasteiger partial charge in [-0.05, 0) is 18.1 Å². The van der Waals surface area contributed by atoms with Crippen molar-refractivity contribution in [2.45, 2.75) is 26.0 Å². The van der Waals surface area contributed by atoms with Crippen LogP contribution in [0.5, 0.6) is 17.2 Å².